The molecule has 7 aliphatic rings. The zero-order valence-electron chi connectivity index (χ0n) is 32.7. The molecular formula is C41H66O13. The van der Waals surface area contributed by atoms with Gasteiger partial charge in [-0.2, -0.15) is 0 Å². The smallest absolute Gasteiger partial charge is 0.309 e. The number of aliphatic hydroxyl groups is 7. The first kappa shape index (κ1) is 40.9. The lowest BCUT2D eigenvalue weighted by molar-refractivity contribution is -0.353. The van der Waals surface area contributed by atoms with Gasteiger partial charge in [0, 0.05) is 5.41 Å². The van der Waals surface area contributed by atoms with Crippen molar-refractivity contribution in [2.24, 2.45) is 56.7 Å². The third-order valence-electron chi connectivity index (χ3n) is 17.5. The number of carbonyl (C=O) groups is 1. The lowest BCUT2D eigenvalue weighted by Crippen LogP contribution is -2.68. The molecule has 0 spiro atoms. The maximum absolute atomic E-state index is 13.0. The predicted molar refractivity (Wildman–Crippen MR) is 193 cm³/mol. The molecule has 13 nitrogen and oxygen atoms in total. The molecule has 8 N–H and O–H groups in total. The van der Waals surface area contributed by atoms with Crippen LogP contribution in [-0.4, -0.2) is 128 Å². The van der Waals surface area contributed by atoms with Gasteiger partial charge in [-0.1, -0.05) is 39.8 Å². The van der Waals surface area contributed by atoms with E-state index in [2.05, 4.69) is 41.2 Å². The van der Waals surface area contributed by atoms with Gasteiger partial charge >= 0.3 is 5.97 Å². The number of fused-ring (bicyclic) bond motifs is 7. The number of allylic oxidation sites excluding steroid dienone is 1. The molecule has 7 rings (SSSR count). The van der Waals surface area contributed by atoms with Gasteiger partial charge in [-0.3, -0.25) is 4.79 Å². The minimum atomic E-state index is -1.68. The van der Waals surface area contributed by atoms with Gasteiger partial charge in [0.1, 0.15) is 42.7 Å². The topological polar surface area (TPSA) is 216 Å². The molecule has 5 saturated carbocycles. The molecule has 13 heteroatoms. The second-order valence-electron chi connectivity index (χ2n) is 19.5. The van der Waals surface area contributed by atoms with Crippen LogP contribution in [0.3, 0.4) is 0 Å². The summed E-state index contributed by atoms with van der Waals surface area (Å²) in [4.78, 5) is 13.0. The van der Waals surface area contributed by atoms with E-state index in [-0.39, 0.29) is 47.2 Å². The third kappa shape index (κ3) is 5.76. The largest absolute Gasteiger partial charge is 0.481 e. The molecule has 0 bridgehead atoms. The quantitative estimate of drug-likeness (QED) is 0.132. The van der Waals surface area contributed by atoms with Crippen molar-refractivity contribution >= 4 is 5.97 Å². The SMILES string of the molecule is C=C(C)[C@@H]1CC[C@]2(C(=O)O)CC[C@]3(C)[C@H](CC[C@@H]4[C@@]5(C)CC[C@H](O[C@@H]6OC[C@H](O[C@@H]7O[C@H](CO)[C@@H](O)[C@H](O)[C@H]7O)[C@H](O)[C@H]6O)[C@@](C)(CO)[C@@H]5CC[C@]43C)[C@@H]12. The Kier molecular flexibility index (Phi) is 10.8. The van der Waals surface area contributed by atoms with Gasteiger partial charge in [0.05, 0.1) is 31.3 Å². The summed E-state index contributed by atoms with van der Waals surface area (Å²) < 4.78 is 23.6. The molecular weight excluding hydrogens is 700 g/mol. The van der Waals surface area contributed by atoms with Crippen molar-refractivity contribution in [1.82, 2.24) is 0 Å². The second-order valence-corrected chi connectivity index (χ2v) is 19.5. The first-order valence-corrected chi connectivity index (χ1v) is 20.4. The number of carboxylic acid groups (broad SMARTS) is 1. The van der Waals surface area contributed by atoms with Crippen LogP contribution in [0.25, 0.3) is 0 Å². The van der Waals surface area contributed by atoms with E-state index in [0.717, 1.165) is 56.9 Å². The van der Waals surface area contributed by atoms with E-state index >= 15 is 0 Å². The van der Waals surface area contributed by atoms with Crippen LogP contribution in [0.1, 0.15) is 98.8 Å². The molecule has 2 aliphatic heterocycles. The van der Waals surface area contributed by atoms with Gasteiger partial charge in [-0.25, -0.2) is 0 Å². The molecule has 7 fully saturated rings. The van der Waals surface area contributed by atoms with Crippen molar-refractivity contribution in [3.8, 4) is 0 Å². The highest BCUT2D eigenvalue weighted by Crippen LogP contribution is 2.77. The Morgan fingerprint density at radius 2 is 1.46 bits per heavy atom. The van der Waals surface area contributed by atoms with E-state index in [1.54, 1.807) is 0 Å². The van der Waals surface area contributed by atoms with Crippen LogP contribution in [-0.2, 0) is 23.7 Å². The van der Waals surface area contributed by atoms with E-state index in [1.807, 2.05) is 0 Å². The molecule has 20 atom stereocenters. The lowest BCUT2D eigenvalue weighted by Gasteiger charge is -2.73. The van der Waals surface area contributed by atoms with E-state index in [9.17, 15) is 45.6 Å². The molecule has 2 heterocycles. The van der Waals surface area contributed by atoms with Gasteiger partial charge in [0.2, 0.25) is 0 Å². The summed E-state index contributed by atoms with van der Waals surface area (Å²) in [6.45, 7) is 14.9. The summed E-state index contributed by atoms with van der Waals surface area (Å²) >= 11 is 0. The van der Waals surface area contributed by atoms with Crippen molar-refractivity contribution in [2.75, 3.05) is 19.8 Å². The summed E-state index contributed by atoms with van der Waals surface area (Å²) in [5, 5.41) is 84.5. The van der Waals surface area contributed by atoms with Crippen molar-refractivity contribution in [3.05, 3.63) is 12.2 Å². The second kappa shape index (κ2) is 14.2. The van der Waals surface area contributed by atoms with Crippen LogP contribution in [0.5, 0.6) is 0 Å². The maximum Gasteiger partial charge on any atom is 0.309 e. The molecule has 5 aliphatic carbocycles. The molecule has 0 aromatic rings. The summed E-state index contributed by atoms with van der Waals surface area (Å²) in [6, 6.07) is 0. The number of hydrogen-bond acceptors (Lipinski definition) is 12. The van der Waals surface area contributed by atoms with Gasteiger partial charge in [0.15, 0.2) is 12.6 Å². The van der Waals surface area contributed by atoms with Gasteiger partial charge in [0.25, 0.3) is 0 Å². The maximum atomic E-state index is 13.0. The average molecular weight is 767 g/mol. The van der Waals surface area contributed by atoms with Crippen molar-refractivity contribution in [2.45, 2.75) is 160 Å². The fourth-order valence-corrected chi connectivity index (χ4v) is 14.3. The van der Waals surface area contributed by atoms with Crippen LogP contribution in [0.2, 0.25) is 0 Å². The van der Waals surface area contributed by atoms with Crippen LogP contribution < -0.4 is 0 Å². The molecule has 0 unspecified atom stereocenters. The highest BCUT2D eigenvalue weighted by atomic mass is 16.7. The predicted octanol–water partition coefficient (Wildman–Crippen LogP) is 2.35. The first-order chi connectivity index (χ1) is 25.3. The normalized spacial score (nSPS) is 55.9. The fourth-order valence-electron chi connectivity index (χ4n) is 14.3. The van der Waals surface area contributed by atoms with Crippen LogP contribution >= 0.6 is 0 Å². The Labute approximate surface area is 319 Å². The number of hydrogen-bond donors (Lipinski definition) is 8. The van der Waals surface area contributed by atoms with Gasteiger partial charge in [-0.05, 0) is 117 Å². The van der Waals surface area contributed by atoms with Crippen molar-refractivity contribution in [1.29, 1.82) is 0 Å². The highest BCUT2D eigenvalue weighted by molar-refractivity contribution is 5.76. The molecule has 0 amide bonds. The zero-order valence-corrected chi connectivity index (χ0v) is 32.7. The average Bonchev–Trinajstić information content (AvgIpc) is 3.54. The number of carboxylic acids is 1. The number of rotatable bonds is 8. The number of aliphatic carboxylic acids is 1. The minimum Gasteiger partial charge on any atom is -0.481 e. The molecule has 0 aromatic carbocycles. The van der Waals surface area contributed by atoms with E-state index in [1.165, 1.54) is 0 Å². The summed E-state index contributed by atoms with van der Waals surface area (Å²) in [5.74, 6) is 0.486. The molecule has 2 saturated heterocycles. The van der Waals surface area contributed by atoms with Crippen LogP contribution in [0.15, 0.2) is 12.2 Å². The van der Waals surface area contributed by atoms with Gasteiger partial charge in [-0.15, -0.1) is 0 Å². The molecule has 0 aromatic heterocycles. The zero-order chi connectivity index (χ0) is 39.3. The van der Waals surface area contributed by atoms with E-state index in [0.29, 0.717) is 24.7 Å². The van der Waals surface area contributed by atoms with Crippen molar-refractivity contribution < 1.29 is 64.6 Å². The minimum absolute atomic E-state index is 0.0130. The number of aliphatic hydroxyl groups excluding tert-OH is 7. The first-order valence-electron chi connectivity index (χ1n) is 20.4. The van der Waals surface area contributed by atoms with Gasteiger partial charge < -0.3 is 59.8 Å². The standard InChI is InChI=1S/C41H66O13/c1-20(2)21-9-14-41(36(49)50)16-15-39(5)22(28(21)41)7-8-26-37(3)12-11-27(38(4,19-43)25(37)10-13-40(26,39)6)54-34-32(47)30(45)24(18-51-34)53-35-33(48)31(46)29(44)23(17-42)52-35/h21-35,42-48H,1,7-19H2,2-6H3,(H,49,50)/t21-,22+,23+,24-,25+,26+,27-,28+,29+,30-,31-,32+,33+,34-,35-,37-,38-,39+,40+,41-/m0/s1. The summed E-state index contributed by atoms with van der Waals surface area (Å²) in [6.07, 6.45) is -4.97. The molecule has 54 heavy (non-hydrogen) atoms. The summed E-state index contributed by atoms with van der Waals surface area (Å²) in [5.41, 5.74) is -0.387. The Hall–Kier alpha value is -1.23. The Balaban J connectivity index is 1.07. The summed E-state index contributed by atoms with van der Waals surface area (Å²) in [7, 11) is 0. The Bertz CT molecular complexity index is 1430. The Morgan fingerprint density at radius 1 is 0.759 bits per heavy atom. The Morgan fingerprint density at radius 3 is 2.11 bits per heavy atom. The lowest BCUT2D eigenvalue weighted by atomic mass is 9.32. The monoisotopic (exact) mass is 766 g/mol. The molecule has 0 radical (unpaired) electrons. The van der Waals surface area contributed by atoms with Crippen molar-refractivity contribution in [3.63, 3.8) is 0 Å². The molecule has 308 valence electrons. The van der Waals surface area contributed by atoms with Crippen LogP contribution in [0, 0.1) is 56.7 Å². The van der Waals surface area contributed by atoms with E-state index < -0.39 is 84.8 Å². The van der Waals surface area contributed by atoms with Crippen LogP contribution in [0.4, 0.5) is 0 Å². The number of ether oxygens (including phenoxy) is 4. The highest BCUT2D eigenvalue weighted by Gasteiger charge is 2.72. The third-order valence-corrected chi connectivity index (χ3v) is 17.5. The van der Waals surface area contributed by atoms with E-state index in [4.69, 9.17) is 18.9 Å². The fraction of sp³-hybridized carbons (Fsp3) is 0.927.